The van der Waals surface area contributed by atoms with Crippen LogP contribution in [-0.4, -0.2) is 41.3 Å². The van der Waals surface area contributed by atoms with Crippen molar-refractivity contribution in [1.29, 1.82) is 0 Å². The maximum Gasteiger partial charge on any atom is 0.398 e. The van der Waals surface area contributed by atoms with Crippen LogP contribution in [0.2, 0.25) is 0 Å². The largest absolute Gasteiger partial charge is 0.490 e. The summed E-state index contributed by atoms with van der Waals surface area (Å²) in [6, 6.07) is 10.6. The van der Waals surface area contributed by atoms with Crippen molar-refractivity contribution in [1.82, 2.24) is 15.3 Å². The summed E-state index contributed by atoms with van der Waals surface area (Å²) in [5.41, 5.74) is 1.21. The molecule has 1 aliphatic heterocycles. The van der Waals surface area contributed by atoms with E-state index in [1.165, 1.54) is 48.5 Å². The van der Waals surface area contributed by atoms with Crippen molar-refractivity contribution in [2.24, 2.45) is 0 Å². The standard InChI is InChI=1S/C30H24F5N3O3.C2H6/c1-15-14-40-28-22(15)11-24(38-27(28)16-2-4-19(31)5-3-16)23(30(33,34)35)13-37-29(39)18-8-17-9-20(32)12-36-26(17)25(10-18)41-21-6-7-21;1-2/h2-5,8-12,15,21,23H,6-7,13-14H2,1H3,(H,37,39);1-2H3/t15?,23-;/m1./s1. The Balaban J connectivity index is 0.00000180. The first-order valence-corrected chi connectivity index (χ1v) is 14.1. The van der Waals surface area contributed by atoms with Gasteiger partial charge in [-0.15, -0.1) is 0 Å². The summed E-state index contributed by atoms with van der Waals surface area (Å²) in [5, 5.41) is 2.67. The quantitative estimate of drug-likeness (QED) is 0.220. The second-order valence-electron chi connectivity index (χ2n) is 10.4. The van der Waals surface area contributed by atoms with E-state index in [0.29, 0.717) is 27.8 Å². The Morgan fingerprint density at radius 2 is 1.79 bits per heavy atom. The number of rotatable bonds is 7. The highest BCUT2D eigenvalue weighted by Gasteiger charge is 2.43. The van der Waals surface area contributed by atoms with Crippen LogP contribution in [0.15, 0.2) is 54.7 Å². The number of ether oxygens (including phenoxy) is 2. The lowest BCUT2D eigenvalue weighted by molar-refractivity contribution is -0.149. The molecule has 6 rings (SSSR count). The molecule has 0 radical (unpaired) electrons. The second kappa shape index (κ2) is 12.1. The molecule has 6 nitrogen and oxygen atoms in total. The maximum atomic E-state index is 14.4. The molecule has 2 aliphatic rings. The number of hydrogen-bond acceptors (Lipinski definition) is 5. The highest BCUT2D eigenvalue weighted by Crippen LogP contribution is 2.44. The van der Waals surface area contributed by atoms with Gasteiger partial charge in [0.05, 0.1) is 24.6 Å². The third-order valence-electron chi connectivity index (χ3n) is 7.16. The average molecular weight is 600 g/mol. The molecule has 1 amide bonds. The molecule has 2 aromatic carbocycles. The van der Waals surface area contributed by atoms with E-state index in [4.69, 9.17) is 9.47 Å². The summed E-state index contributed by atoms with van der Waals surface area (Å²) in [6.45, 7) is 5.29. The number of fused-ring (bicyclic) bond motifs is 2. The van der Waals surface area contributed by atoms with Gasteiger partial charge in [0.15, 0.2) is 0 Å². The Morgan fingerprint density at radius 3 is 2.47 bits per heavy atom. The molecular formula is C32H30F5N3O3. The summed E-state index contributed by atoms with van der Waals surface area (Å²) in [4.78, 5) is 21.5. The van der Waals surface area contributed by atoms with Gasteiger partial charge in [0, 0.05) is 34.5 Å². The molecule has 1 unspecified atom stereocenters. The highest BCUT2D eigenvalue weighted by molar-refractivity contribution is 6.00. The third kappa shape index (κ3) is 6.55. The van der Waals surface area contributed by atoms with Gasteiger partial charge >= 0.3 is 6.18 Å². The van der Waals surface area contributed by atoms with Crippen molar-refractivity contribution in [3.8, 4) is 22.8 Å². The van der Waals surface area contributed by atoms with Crippen molar-refractivity contribution < 1.29 is 36.2 Å². The number of nitrogens with one attached hydrogen (secondary N) is 1. The van der Waals surface area contributed by atoms with Crippen LogP contribution >= 0.6 is 0 Å². The molecule has 2 aromatic heterocycles. The Hall–Kier alpha value is -4.28. The lowest BCUT2D eigenvalue weighted by atomic mass is 9.95. The fourth-order valence-corrected chi connectivity index (χ4v) is 4.83. The summed E-state index contributed by atoms with van der Waals surface area (Å²) in [7, 11) is 0. The topological polar surface area (TPSA) is 73.3 Å². The molecule has 3 heterocycles. The molecule has 1 saturated carbocycles. The fraction of sp³-hybridized carbons (Fsp3) is 0.344. The van der Waals surface area contributed by atoms with Gasteiger partial charge in [-0.05, 0) is 61.4 Å². The van der Waals surface area contributed by atoms with E-state index in [1.807, 2.05) is 20.8 Å². The minimum Gasteiger partial charge on any atom is -0.490 e. The van der Waals surface area contributed by atoms with Gasteiger partial charge in [0.2, 0.25) is 0 Å². The van der Waals surface area contributed by atoms with Crippen LogP contribution in [0.25, 0.3) is 22.2 Å². The number of benzene rings is 2. The van der Waals surface area contributed by atoms with Gasteiger partial charge < -0.3 is 14.8 Å². The number of amides is 1. The number of alkyl halides is 3. The van der Waals surface area contributed by atoms with Crippen molar-refractivity contribution in [2.45, 2.75) is 57.7 Å². The molecule has 1 fully saturated rings. The van der Waals surface area contributed by atoms with Gasteiger partial charge in [0.25, 0.3) is 5.91 Å². The van der Waals surface area contributed by atoms with Crippen LogP contribution in [0.5, 0.6) is 11.5 Å². The van der Waals surface area contributed by atoms with E-state index < -0.39 is 36.2 Å². The predicted molar refractivity (Wildman–Crippen MR) is 151 cm³/mol. The number of nitrogens with zero attached hydrogens (tertiary/aromatic N) is 2. The molecule has 11 heteroatoms. The normalized spacial score (nSPS) is 16.5. The highest BCUT2D eigenvalue weighted by atomic mass is 19.4. The van der Waals surface area contributed by atoms with Crippen molar-refractivity contribution in [3.63, 3.8) is 0 Å². The summed E-state index contributed by atoms with van der Waals surface area (Å²) in [6.07, 6.45) is -2.13. The minimum atomic E-state index is -4.76. The number of pyridine rings is 2. The molecule has 1 aliphatic carbocycles. The van der Waals surface area contributed by atoms with E-state index >= 15 is 0 Å². The molecule has 43 heavy (non-hydrogen) atoms. The first kappa shape index (κ1) is 30.2. The minimum absolute atomic E-state index is 0.0115. The zero-order valence-electron chi connectivity index (χ0n) is 23.8. The van der Waals surface area contributed by atoms with E-state index in [1.54, 1.807) is 0 Å². The van der Waals surface area contributed by atoms with Crippen LogP contribution in [0, 0.1) is 11.6 Å². The van der Waals surface area contributed by atoms with Crippen LogP contribution in [0.1, 0.15) is 67.1 Å². The van der Waals surface area contributed by atoms with Crippen molar-refractivity contribution >= 4 is 16.8 Å². The van der Waals surface area contributed by atoms with Crippen LogP contribution in [0.3, 0.4) is 0 Å². The van der Waals surface area contributed by atoms with Crippen LogP contribution in [0.4, 0.5) is 22.0 Å². The lowest BCUT2D eigenvalue weighted by Gasteiger charge is -2.22. The SMILES string of the molecule is CC.CC1COc2c1cc([C@@H](CNC(=O)c1cc(OC3CC3)c3ncc(F)cc3c1)C(F)(F)F)nc2-c1ccc(F)cc1. The maximum absolute atomic E-state index is 14.4. The van der Waals surface area contributed by atoms with E-state index in [-0.39, 0.29) is 41.3 Å². The van der Waals surface area contributed by atoms with Gasteiger partial charge in [-0.2, -0.15) is 13.2 Å². The summed E-state index contributed by atoms with van der Waals surface area (Å²) in [5.74, 6) is -3.62. The third-order valence-corrected chi connectivity index (χ3v) is 7.16. The van der Waals surface area contributed by atoms with Crippen molar-refractivity contribution in [3.05, 3.63) is 83.2 Å². The molecule has 226 valence electrons. The Bertz CT molecular complexity index is 1640. The lowest BCUT2D eigenvalue weighted by Crippen LogP contribution is -2.35. The second-order valence-corrected chi connectivity index (χ2v) is 10.4. The molecular weight excluding hydrogens is 569 g/mol. The Morgan fingerprint density at radius 1 is 1.07 bits per heavy atom. The monoisotopic (exact) mass is 599 g/mol. The number of carbonyl (C=O) groups is 1. The summed E-state index contributed by atoms with van der Waals surface area (Å²) >= 11 is 0. The zero-order chi connectivity index (χ0) is 30.9. The number of hydrogen-bond donors (Lipinski definition) is 1. The van der Waals surface area contributed by atoms with Gasteiger partial charge in [-0.1, -0.05) is 20.8 Å². The van der Waals surface area contributed by atoms with Gasteiger partial charge in [-0.25, -0.2) is 18.7 Å². The Labute approximate surface area is 245 Å². The molecule has 0 spiro atoms. The number of carbonyl (C=O) groups excluding carboxylic acids is 1. The van der Waals surface area contributed by atoms with Crippen molar-refractivity contribution in [2.75, 3.05) is 13.2 Å². The fourth-order valence-electron chi connectivity index (χ4n) is 4.83. The van der Waals surface area contributed by atoms with E-state index in [9.17, 15) is 26.7 Å². The zero-order valence-corrected chi connectivity index (χ0v) is 23.8. The molecule has 1 N–H and O–H groups in total. The van der Waals surface area contributed by atoms with E-state index in [0.717, 1.165) is 19.0 Å². The van der Waals surface area contributed by atoms with E-state index in [2.05, 4.69) is 15.3 Å². The van der Waals surface area contributed by atoms with Gasteiger partial charge in [0.1, 0.15) is 40.3 Å². The first-order chi connectivity index (χ1) is 20.6. The molecule has 0 saturated heterocycles. The average Bonchev–Trinajstić information content (AvgIpc) is 3.72. The summed E-state index contributed by atoms with van der Waals surface area (Å²) < 4.78 is 82.3. The van der Waals surface area contributed by atoms with Gasteiger partial charge in [-0.3, -0.25) is 4.79 Å². The predicted octanol–water partition coefficient (Wildman–Crippen LogP) is 7.71. The first-order valence-electron chi connectivity index (χ1n) is 14.1. The number of aromatic nitrogens is 2. The van der Waals surface area contributed by atoms with Crippen LogP contribution in [-0.2, 0) is 0 Å². The number of halogens is 5. The molecule has 2 atom stereocenters. The van der Waals surface area contributed by atoms with Crippen LogP contribution < -0.4 is 14.8 Å². The molecule has 0 bridgehead atoms. The Kier molecular flexibility index (Phi) is 8.52. The molecule has 4 aromatic rings. The smallest absolute Gasteiger partial charge is 0.398 e.